The van der Waals surface area contributed by atoms with Gasteiger partial charge in [-0.3, -0.25) is 9.88 Å². The van der Waals surface area contributed by atoms with Crippen LogP contribution in [0.25, 0.3) is 20.9 Å². The summed E-state index contributed by atoms with van der Waals surface area (Å²) in [6.07, 6.45) is 1.13. The second-order valence-corrected chi connectivity index (χ2v) is 10.2. The normalized spacial score (nSPS) is 11.5. The number of furan rings is 1. The third-order valence-electron chi connectivity index (χ3n) is 5.11. The van der Waals surface area contributed by atoms with Gasteiger partial charge in [-0.05, 0) is 51.1 Å². The van der Waals surface area contributed by atoms with Crippen LogP contribution < -0.4 is 4.74 Å². The van der Waals surface area contributed by atoms with E-state index in [1.807, 2.05) is 39.0 Å². The molecule has 1 aromatic carbocycles. The fraction of sp³-hybridized carbons (Fsp3) is 0.308. The number of ether oxygens (including phenoxy) is 3. The molecule has 0 spiro atoms. The van der Waals surface area contributed by atoms with E-state index in [4.69, 9.17) is 24.2 Å². The second-order valence-electron chi connectivity index (χ2n) is 9.12. The molecule has 0 aliphatic heterocycles. The highest BCUT2D eigenvalue weighted by molar-refractivity contribution is 7.22. The summed E-state index contributed by atoms with van der Waals surface area (Å²) in [5.74, 6) is 1.04. The SMILES string of the molecule is COCCN(Cc1ccc(-c2cc3nccc(Oc4ccc(N=N)cc4F)c3s2)o1)C(=O)OC(C)(C)C. The first-order chi connectivity index (χ1) is 17.7. The largest absolute Gasteiger partial charge is 0.458 e. The predicted molar refractivity (Wildman–Crippen MR) is 137 cm³/mol. The first kappa shape index (κ1) is 26.2. The van der Waals surface area contributed by atoms with Crippen molar-refractivity contribution in [3.8, 4) is 22.1 Å². The Labute approximate surface area is 217 Å². The molecule has 3 heterocycles. The number of amides is 1. The number of thiophene rings is 1. The van der Waals surface area contributed by atoms with Crippen LogP contribution in [0.3, 0.4) is 0 Å². The Morgan fingerprint density at radius 3 is 2.70 bits per heavy atom. The smallest absolute Gasteiger partial charge is 0.410 e. The number of hydrogen-bond acceptors (Lipinski definition) is 9. The van der Waals surface area contributed by atoms with Gasteiger partial charge in [0.15, 0.2) is 11.6 Å². The summed E-state index contributed by atoms with van der Waals surface area (Å²) < 4.78 is 37.6. The molecule has 0 saturated carbocycles. The summed E-state index contributed by atoms with van der Waals surface area (Å²) in [6.45, 7) is 6.37. The fourth-order valence-corrected chi connectivity index (χ4v) is 4.45. The second kappa shape index (κ2) is 11.1. The van der Waals surface area contributed by atoms with Gasteiger partial charge in [0, 0.05) is 32.0 Å². The van der Waals surface area contributed by atoms with E-state index in [0.717, 1.165) is 15.6 Å². The Balaban J connectivity index is 1.56. The van der Waals surface area contributed by atoms with Gasteiger partial charge in [-0.25, -0.2) is 14.7 Å². The monoisotopic (exact) mass is 526 g/mol. The minimum Gasteiger partial charge on any atom is -0.458 e. The molecule has 194 valence electrons. The summed E-state index contributed by atoms with van der Waals surface area (Å²) >= 11 is 1.39. The maximum Gasteiger partial charge on any atom is 0.410 e. The number of aromatic nitrogens is 1. The third-order valence-corrected chi connectivity index (χ3v) is 6.26. The van der Waals surface area contributed by atoms with E-state index < -0.39 is 17.5 Å². The van der Waals surface area contributed by atoms with Crippen molar-refractivity contribution in [2.24, 2.45) is 5.11 Å². The van der Waals surface area contributed by atoms with Crippen LogP contribution in [-0.2, 0) is 16.0 Å². The van der Waals surface area contributed by atoms with Crippen LogP contribution in [0, 0.1) is 11.3 Å². The van der Waals surface area contributed by atoms with Crippen LogP contribution in [0.1, 0.15) is 26.5 Å². The van der Waals surface area contributed by atoms with Crippen molar-refractivity contribution in [3.05, 3.63) is 60.2 Å². The minimum atomic E-state index is -0.623. The van der Waals surface area contributed by atoms with Crippen LogP contribution in [0.5, 0.6) is 11.5 Å². The number of fused-ring (bicyclic) bond motifs is 1. The summed E-state index contributed by atoms with van der Waals surface area (Å²) in [5.41, 5.74) is 7.27. The van der Waals surface area contributed by atoms with Crippen LogP contribution in [0.2, 0.25) is 0 Å². The number of carbonyl (C=O) groups is 1. The molecule has 0 radical (unpaired) electrons. The van der Waals surface area contributed by atoms with Crippen molar-refractivity contribution in [2.75, 3.05) is 20.3 Å². The molecule has 1 amide bonds. The Hall–Kier alpha value is -3.83. The lowest BCUT2D eigenvalue weighted by Gasteiger charge is -2.26. The first-order valence-electron chi connectivity index (χ1n) is 11.5. The Morgan fingerprint density at radius 2 is 2.00 bits per heavy atom. The molecule has 9 nitrogen and oxygen atoms in total. The standard InChI is InChI=1S/C26H27FN4O5S/c1-26(2,3)36-25(32)31(11-12-33-4)15-17-6-8-21(34-17)23-14-19-24(37-23)22(9-10-29-19)35-20-7-5-16(30-28)13-18(20)27/h5-10,13-14,28H,11-12,15H2,1-4H3. The van der Waals surface area contributed by atoms with Gasteiger partial charge in [0.1, 0.15) is 22.9 Å². The van der Waals surface area contributed by atoms with Crippen LogP contribution >= 0.6 is 11.3 Å². The zero-order chi connectivity index (χ0) is 26.6. The average molecular weight is 527 g/mol. The number of pyridine rings is 1. The number of carbonyl (C=O) groups excluding carboxylic acids is 1. The molecule has 4 rings (SSSR count). The van der Waals surface area contributed by atoms with Gasteiger partial charge in [0.2, 0.25) is 0 Å². The number of benzene rings is 1. The lowest BCUT2D eigenvalue weighted by atomic mass is 10.2. The summed E-state index contributed by atoms with van der Waals surface area (Å²) in [4.78, 5) is 19.4. The molecule has 37 heavy (non-hydrogen) atoms. The minimum absolute atomic E-state index is 0.0217. The van der Waals surface area contributed by atoms with Gasteiger partial charge < -0.3 is 18.6 Å². The molecule has 0 saturated heterocycles. The molecule has 4 aromatic rings. The topological polar surface area (TPSA) is 110 Å². The van der Waals surface area contributed by atoms with Crippen molar-refractivity contribution in [1.29, 1.82) is 5.53 Å². The molecule has 11 heteroatoms. The highest BCUT2D eigenvalue weighted by Crippen LogP contribution is 2.40. The molecule has 3 aromatic heterocycles. The maximum atomic E-state index is 14.4. The Kier molecular flexibility index (Phi) is 7.84. The zero-order valence-corrected chi connectivity index (χ0v) is 21.7. The van der Waals surface area contributed by atoms with Crippen molar-refractivity contribution in [3.63, 3.8) is 0 Å². The predicted octanol–water partition coefficient (Wildman–Crippen LogP) is 7.53. The molecular formula is C26H27FN4O5S. The lowest BCUT2D eigenvalue weighted by Crippen LogP contribution is -2.38. The van der Waals surface area contributed by atoms with Gasteiger partial charge in [0.25, 0.3) is 0 Å². The van der Waals surface area contributed by atoms with E-state index in [0.29, 0.717) is 35.9 Å². The maximum absolute atomic E-state index is 14.4. The first-order valence-corrected chi connectivity index (χ1v) is 12.3. The Bertz CT molecular complexity index is 1410. The molecule has 0 aliphatic carbocycles. The van der Waals surface area contributed by atoms with Gasteiger partial charge in [-0.2, -0.15) is 5.11 Å². The molecule has 0 fully saturated rings. The van der Waals surface area contributed by atoms with E-state index in [1.165, 1.54) is 28.4 Å². The van der Waals surface area contributed by atoms with Gasteiger partial charge in [-0.15, -0.1) is 11.3 Å². The van der Waals surface area contributed by atoms with Crippen LogP contribution in [0.15, 0.2) is 58.2 Å². The Morgan fingerprint density at radius 1 is 1.19 bits per heavy atom. The van der Waals surface area contributed by atoms with Gasteiger partial charge >= 0.3 is 6.09 Å². The molecule has 0 bridgehead atoms. The van der Waals surface area contributed by atoms with Crippen molar-refractivity contribution in [2.45, 2.75) is 32.9 Å². The van der Waals surface area contributed by atoms with Crippen LogP contribution in [0.4, 0.5) is 14.9 Å². The highest BCUT2D eigenvalue weighted by Gasteiger charge is 2.23. The lowest BCUT2D eigenvalue weighted by molar-refractivity contribution is 0.0171. The van der Waals surface area contributed by atoms with Crippen molar-refractivity contribution < 1.29 is 27.8 Å². The third kappa shape index (κ3) is 6.49. The summed E-state index contributed by atoms with van der Waals surface area (Å²) in [5, 5.41) is 3.23. The van der Waals surface area contributed by atoms with Gasteiger partial charge in [0.05, 0.1) is 33.9 Å². The molecule has 1 N–H and O–H groups in total. The van der Waals surface area contributed by atoms with E-state index in [1.54, 1.807) is 19.4 Å². The zero-order valence-electron chi connectivity index (χ0n) is 20.9. The van der Waals surface area contributed by atoms with Gasteiger partial charge in [-0.1, -0.05) is 0 Å². The molecular weight excluding hydrogens is 499 g/mol. The summed E-state index contributed by atoms with van der Waals surface area (Å²) in [7, 11) is 1.57. The molecule has 0 unspecified atom stereocenters. The molecule has 0 atom stereocenters. The summed E-state index contributed by atoms with van der Waals surface area (Å²) in [6, 6.07) is 11.2. The highest BCUT2D eigenvalue weighted by atomic mass is 32.1. The van der Waals surface area contributed by atoms with E-state index in [9.17, 15) is 9.18 Å². The number of rotatable bonds is 9. The fourth-order valence-electron chi connectivity index (χ4n) is 3.42. The number of methoxy groups -OCH3 is 1. The van der Waals surface area contributed by atoms with E-state index in [-0.39, 0.29) is 18.0 Å². The van der Waals surface area contributed by atoms with Crippen molar-refractivity contribution in [1.82, 2.24) is 9.88 Å². The number of halogens is 1. The number of hydrogen-bond donors (Lipinski definition) is 1. The van der Waals surface area contributed by atoms with E-state index in [2.05, 4.69) is 10.1 Å². The number of nitrogens with zero attached hydrogens (tertiary/aromatic N) is 3. The average Bonchev–Trinajstić information content (AvgIpc) is 3.49. The quantitative estimate of drug-likeness (QED) is 0.226. The van der Waals surface area contributed by atoms with E-state index >= 15 is 0 Å². The molecule has 0 aliphatic rings. The number of nitrogens with one attached hydrogen (secondary N) is 1. The van der Waals surface area contributed by atoms with Crippen LogP contribution in [-0.4, -0.2) is 41.8 Å². The van der Waals surface area contributed by atoms with Crippen molar-refractivity contribution >= 4 is 33.3 Å².